The third kappa shape index (κ3) is 3.40. The van der Waals surface area contributed by atoms with Crippen LogP contribution in [0.1, 0.15) is 26.7 Å². The van der Waals surface area contributed by atoms with Crippen LogP contribution in [0.25, 0.3) is 0 Å². The standard InChI is InChI=1S/C15H25N3O6S/c1-11-9-18(10-12(2)24-11)25(22,23)17-7-5-16(6-8-17)13(19)15(3-4-15)14(20)21/h11-12H,3-10H2,1-2H3,(H,20,21). The van der Waals surface area contributed by atoms with Crippen molar-refractivity contribution in [2.75, 3.05) is 39.3 Å². The van der Waals surface area contributed by atoms with Gasteiger partial charge in [0.1, 0.15) is 5.41 Å². The third-order valence-electron chi connectivity index (χ3n) is 5.13. The van der Waals surface area contributed by atoms with Gasteiger partial charge in [-0.1, -0.05) is 0 Å². The van der Waals surface area contributed by atoms with Gasteiger partial charge in [0.05, 0.1) is 12.2 Å². The Hall–Kier alpha value is -1.23. The lowest BCUT2D eigenvalue weighted by atomic mass is 10.1. The maximum absolute atomic E-state index is 12.8. The van der Waals surface area contributed by atoms with Crippen molar-refractivity contribution in [2.45, 2.75) is 38.9 Å². The Morgan fingerprint density at radius 1 is 1.00 bits per heavy atom. The van der Waals surface area contributed by atoms with E-state index in [1.54, 1.807) is 0 Å². The molecule has 10 heteroatoms. The number of amides is 1. The molecule has 2 saturated heterocycles. The van der Waals surface area contributed by atoms with Gasteiger partial charge >= 0.3 is 5.97 Å². The fourth-order valence-corrected chi connectivity index (χ4v) is 5.30. The van der Waals surface area contributed by atoms with E-state index in [0.29, 0.717) is 25.9 Å². The lowest BCUT2D eigenvalue weighted by Crippen LogP contribution is -2.58. The predicted molar refractivity (Wildman–Crippen MR) is 88.0 cm³/mol. The molecule has 25 heavy (non-hydrogen) atoms. The second kappa shape index (κ2) is 6.49. The van der Waals surface area contributed by atoms with Crippen LogP contribution in [0.3, 0.4) is 0 Å². The highest BCUT2D eigenvalue weighted by Crippen LogP contribution is 2.47. The van der Waals surface area contributed by atoms with Crippen molar-refractivity contribution in [1.29, 1.82) is 0 Å². The molecule has 0 spiro atoms. The molecule has 2 atom stereocenters. The van der Waals surface area contributed by atoms with E-state index in [9.17, 15) is 23.1 Å². The minimum absolute atomic E-state index is 0.160. The monoisotopic (exact) mass is 375 g/mol. The SMILES string of the molecule is CC1CN(S(=O)(=O)N2CCN(C(=O)C3(C(=O)O)CC3)CC2)CC(C)O1. The van der Waals surface area contributed by atoms with Gasteiger partial charge in [0, 0.05) is 39.3 Å². The van der Waals surface area contributed by atoms with Gasteiger partial charge in [-0.25, -0.2) is 0 Å². The van der Waals surface area contributed by atoms with E-state index in [4.69, 9.17) is 4.74 Å². The van der Waals surface area contributed by atoms with Crippen LogP contribution in [0.15, 0.2) is 0 Å². The Balaban J connectivity index is 1.62. The van der Waals surface area contributed by atoms with E-state index in [1.807, 2.05) is 13.8 Å². The normalized spacial score (nSPS) is 30.9. The first-order chi connectivity index (χ1) is 11.7. The van der Waals surface area contributed by atoms with Crippen LogP contribution in [0.5, 0.6) is 0 Å². The average molecular weight is 375 g/mol. The summed E-state index contributed by atoms with van der Waals surface area (Å²) in [6, 6.07) is 0. The summed E-state index contributed by atoms with van der Waals surface area (Å²) in [5.74, 6) is -1.46. The molecule has 1 aliphatic carbocycles. The van der Waals surface area contributed by atoms with E-state index in [-0.39, 0.29) is 44.3 Å². The van der Waals surface area contributed by atoms with Gasteiger partial charge in [-0.3, -0.25) is 9.59 Å². The van der Waals surface area contributed by atoms with Crippen LogP contribution in [0.2, 0.25) is 0 Å². The zero-order chi connectivity index (χ0) is 18.4. The Morgan fingerprint density at radius 3 is 1.96 bits per heavy atom. The van der Waals surface area contributed by atoms with Crippen LogP contribution < -0.4 is 0 Å². The van der Waals surface area contributed by atoms with Crippen LogP contribution in [-0.4, -0.2) is 90.4 Å². The second-order valence-electron chi connectivity index (χ2n) is 7.16. The highest BCUT2D eigenvalue weighted by atomic mass is 32.2. The Kier molecular flexibility index (Phi) is 4.82. The molecule has 0 aromatic heterocycles. The Labute approximate surface area is 147 Å². The topological polar surface area (TPSA) is 107 Å². The van der Waals surface area contributed by atoms with Crippen molar-refractivity contribution in [3.8, 4) is 0 Å². The molecule has 1 amide bonds. The molecule has 142 valence electrons. The fraction of sp³-hybridized carbons (Fsp3) is 0.867. The lowest BCUT2D eigenvalue weighted by molar-refractivity contribution is -0.154. The zero-order valence-electron chi connectivity index (χ0n) is 14.5. The van der Waals surface area contributed by atoms with E-state index in [2.05, 4.69) is 0 Å². The molecule has 0 aromatic rings. The van der Waals surface area contributed by atoms with Crippen LogP contribution in [0, 0.1) is 5.41 Å². The molecule has 3 aliphatic rings. The summed E-state index contributed by atoms with van der Waals surface area (Å²) in [6.45, 7) is 5.13. The molecular weight excluding hydrogens is 350 g/mol. The second-order valence-corrected chi connectivity index (χ2v) is 9.09. The van der Waals surface area contributed by atoms with Crippen molar-refractivity contribution in [1.82, 2.24) is 13.5 Å². The predicted octanol–water partition coefficient (Wildman–Crippen LogP) is -0.651. The molecule has 3 rings (SSSR count). The molecule has 9 nitrogen and oxygen atoms in total. The first-order valence-corrected chi connectivity index (χ1v) is 10.00. The maximum atomic E-state index is 12.8. The summed E-state index contributed by atoms with van der Waals surface area (Å²) >= 11 is 0. The van der Waals surface area contributed by atoms with Crippen molar-refractivity contribution in [3.63, 3.8) is 0 Å². The highest BCUT2D eigenvalue weighted by molar-refractivity contribution is 7.86. The number of carbonyl (C=O) groups excluding carboxylic acids is 1. The molecule has 2 heterocycles. The molecule has 0 aromatic carbocycles. The largest absolute Gasteiger partial charge is 0.480 e. The highest BCUT2D eigenvalue weighted by Gasteiger charge is 2.58. The minimum atomic E-state index is -3.60. The number of hydrogen-bond donors (Lipinski definition) is 1. The maximum Gasteiger partial charge on any atom is 0.319 e. The Morgan fingerprint density at radius 2 is 1.52 bits per heavy atom. The molecule has 0 bridgehead atoms. The average Bonchev–Trinajstić information content (AvgIpc) is 3.35. The quantitative estimate of drug-likeness (QED) is 0.654. The van der Waals surface area contributed by atoms with Crippen molar-refractivity contribution < 1.29 is 27.9 Å². The smallest absolute Gasteiger partial charge is 0.319 e. The van der Waals surface area contributed by atoms with Crippen LogP contribution >= 0.6 is 0 Å². The number of hydrogen-bond acceptors (Lipinski definition) is 5. The molecule has 1 N–H and O–H groups in total. The first kappa shape index (κ1) is 18.6. The van der Waals surface area contributed by atoms with Gasteiger partial charge in [-0.15, -0.1) is 0 Å². The molecule has 3 fully saturated rings. The summed E-state index contributed by atoms with van der Waals surface area (Å²) < 4.78 is 34.0. The number of rotatable bonds is 4. The number of morpholine rings is 1. The number of aliphatic carboxylic acids is 1. The van der Waals surface area contributed by atoms with Gasteiger partial charge in [0.2, 0.25) is 5.91 Å². The molecule has 0 radical (unpaired) electrons. The summed E-state index contributed by atoms with van der Waals surface area (Å²) in [4.78, 5) is 25.2. The third-order valence-corrected chi connectivity index (χ3v) is 7.10. The van der Waals surface area contributed by atoms with Gasteiger partial charge in [-0.05, 0) is 26.7 Å². The van der Waals surface area contributed by atoms with Crippen molar-refractivity contribution >= 4 is 22.1 Å². The number of piperazine rings is 1. The molecule has 2 aliphatic heterocycles. The first-order valence-electron chi connectivity index (χ1n) is 8.60. The van der Waals surface area contributed by atoms with E-state index < -0.39 is 21.6 Å². The number of carboxylic acid groups (broad SMARTS) is 1. The van der Waals surface area contributed by atoms with Gasteiger partial charge in [0.25, 0.3) is 10.2 Å². The molecule has 2 unspecified atom stereocenters. The number of carboxylic acids is 1. The molecular formula is C15H25N3O6S. The number of ether oxygens (including phenoxy) is 1. The minimum Gasteiger partial charge on any atom is -0.480 e. The van der Waals surface area contributed by atoms with Crippen LogP contribution in [0.4, 0.5) is 0 Å². The molecule has 1 saturated carbocycles. The van der Waals surface area contributed by atoms with Crippen molar-refractivity contribution in [3.05, 3.63) is 0 Å². The van der Waals surface area contributed by atoms with Gasteiger partial charge in [-0.2, -0.15) is 17.0 Å². The number of carbonyl (C=O) groups is 2. The zero-order valence-corrected chi connectivity index (χ0v) is 15.4. The van der Waals surface area contributed by atoms with E-state index in [1.165, 1.54) is 13.5 Å². The number of nitrogens with zero attached hydrogens (tertiary/aromatic N) is 3. The summed E-state index contributed by atoms with van der Waals surface area (Å²) in [7, 11) is -3.60. The fourth-order valence-electron chi connectivity index (χ4n) is 3.55. The summed E-state index contributed by atoms with van der Waals surface area (Å²) in [5, 5.41) is 9.23. The summed E-state index contributed by atoms with van der Waals surface area (Å²) in [6.07, 6.45) is 0.408. The Bertz CT molecular complexity index is 644. The van der Waals surface area contributed by atoms with E-state index >= 15 is 0 Å². The summed E-state index contributed by atoms with van der Waals surface area (Å²) in [5.41, 5.74) is -1.27. The van der Waals surface area contributed by atoms with Gasteiger partial charge < -0.3 is 14.7 Å². The van der Waals surface area contributed by atoms with E-state index in [0.717, 1.165) is 0 Å². The van der Waals surface area contributed by atoms with Crippen LogP contribution in [-0.2, 0) is 24.5 Å². The lowest BCUT2D eigenvalue weighted by Gasteiger charge is -2.40. The van der Waals surface area contributed by atoms with Gasteiger partial charge in [0.15, 0.2) is 0 Å². The van der Waals surface area contributed by atoms with Crippen molar-refractivity contribution in [2.24, 2.45) is 5.41 Å².